The van der Waals surface area contributed by atoms with Crippen molar-refractivity contribution in [2.75, 3.05) is 23.7 Å². The molecule has 1 aliphatic rings. The minimum atomic E-state index is -0.120. The molecule has 0 radical (unpaired) electrons. The molecule has 1 aromatic rings. The molecule has 1 saturated heterocycles. The first-order valence-electron chi connectivity index (χ1n) is 8.34. The van der Waals surface area contributed by atoms with Crippen LogP contribution in [0.4, 0.5) is 11.4 Å². The van der Waals surface area contributed by atoms with Gasteiger partial charge in [-0.2, -0.15) is 0 Å². The molecule has 0 aliphatic carbocycles. The topological polar surface area (TPSA) is 70.2 Å². The zero-order chi connectivity index (χ0) is 16.8. The number of nitrogens with one attached hydrogen (secondary N) is 3. The molecule has 0 spiro atoms. The molecule has 5 nitrogen and oxygen atoms in total. The van der Waals surface area contributed by atoms with E-state index in [1.54, 1.807) is 0 Å². The van der Waals surface area contributed by atoms with Gasteiger partial charge in [0.15, 0.2) is 0 Å². The molecular formula is C18H27N3O2. The lowest BCUT2D eigenvalue weighted by Crippen LogP contribution is -2.32. The number of aryl methyl sites for hydroxylation is 1. The summed E-state index contributed by atoms with van der Waals surface area (Å²) in [6, 6.07) is 5.55. The molecule has 23 heavy (non-hydrogen) atoms. The quantitative estimate of drug-likeness (QED) is 0.782. The van der Waals surface area contributed by atoms with Crippen LogP contribution >= 0.6 is 0 Å². The number of benzene rings is 1. The lowest BCUT2D eigenvalue weighted by atomic mass is 9.84. The standard InChI is InChI=1S/C18H27N3O2/c1-12-4-5-16(20-14(3)22)11-17(12)21-18(23)10-13(2)15-6-8-19-9-7-15/h4-5,11,13,15,19H,6-10H2,1-3H3,(H,20,22)(H,21,23). The van der Waals surface area contributed by atoms with E-state index in [9.17, 15) is 9.59 Å². The number of hydrogen-bond acceptors (Lipinski definition) is 3. The Morgan fingerprint density at radius 3 is 2.61 bits per heavy atom. The van der Waals surface area contributed by atoms with Gasteiger partial charge in [0, 0.05) is 24.7 Å². The van der Waals surface area contributed by atoms with Crippen molar-refractivity contribution in [3.05, 3.63) is 23.8 Å². The summed E-state index contributed by atoms with van der Waals surface area (Å²) in [5.74, 6) is 0.925. The van der Waals surface area contributed by atoms with Crippen LogP contribution in [0, 0.1) is 18.8 Å². The highest BCUT2D eigenvalue weighted by atomic mass is 16.2. The molecule has 2 amide bonds. The minimum Gasteiger partial charge on any atom is -0.326 e. The highest BCUT2D eigenvalue weighted by molar-refractivity contribution is 5.94. The van der Waals surface area contributed by atoms with Crippen molar-refractivity contribution in [2.45, 2.75) is 40.0 Å². The van der Waals surface area contributed by atoms with Gasteiger partial charge in [0.2, 0.25) is 11.8 Å². The van der Waals surface area contributed by atoms with E-state index in [0.29, 0.717) is 23.9 Å². The molecule has 1 unspecified atom stereocenters. The van der Waals surface area contributed by atoms with E-state index in [-0.39, 0.29) is 11.8 Å². The number of piperidine rings is 1. The number of anilines is 2. The molecule has 2 rings (SSSR count). The number of rotatable bonds is 5. The molecule has 0 saturated carbocycles. The van der Waals surface area contributed by atoms with Crippen LogP contribution in [0.2, 0.25) is 0 Å². The first-order valence-corrected chi connectivity index (χ1v) is 8.34. The molecule has 5 heteroatoms. The van der Waals surface area contributed by atoms with Crippen molar-refractivity contribution in [1.29, 1.82) is 0 Å². The van der Waals surface area contributed by atoms with Crippen molar-refractivity contribution in [1.82, 2.24) is 5.32 Å². The highest BCUT2D eigenvalue weighted by Gasteiger charge is 2.22. The van der Waals surface area contributed by atoms with Gasteiger partial charge < -0.3 is 16.0 Å². The maximum absolute atomic E-state index is 12.3. The average Bonchev–Trinajstić information content (AvgIpc) is 2.51. The van der Waals surface area contributed by atoms with E-state index < -0.39 is 0 Å². The lowest BCUT2D eigenvalue weighted by molar-refractivity contribution is -0.117. The van der Waals surface area contributed by atoms with Crippen LogP contribution in [0.1, 0.15) is 38.7 Å². The summed E-state index contributed by atoms with van der Waals surface area (Å²) in [6.45, 7) is 7.68. The molecular weight excluding hydrogens is 290 g/mol. The maximum atomic E-state index is 12.3. The van der Waals surface area contributed by atoms with Gasteiger partial charge >= 0.3 is 0 Å². The summed E-state index contributed by atoms with van der Waals surface area (Å²) in [4.78, 5) is 23.5. The fourth-order valence-corrected chi connectivity index (χ4v) is 3.11. The van der Waals surface area contributed by atoms with Crippen molar-refractivity contribution < 1.29 is 9.59 Å². The Kier molecular flexibility index (Phi) is 6.16. The zero-order valence-electron chi connectivity index (χ0n) is 14.2. The summed E-state index contributed by atoms with van der Waals surface area (Å²) in [5.41, 5.74) is 2.45. The van der Waals surface area contributed by atoms with Crippen LogP contribution < -0.4 is 16.0 Å². The summed E-state index contributed by atoms with van der Waals surface area (Å²) in [6.07, 6.45) is 2.82. The molecule has 1 heterocycles. The van der Waals surface area contributed by atoms with E-state index in [1.807, 2.05) is 25.1 Å². The Bertz CT molecular complexity index is 565. The third-order valence-electron chi connectivity index (χ3n) is 4.53. The van der Waals surface area contributed by atoms with Gasteiger partial charge in [0.25, 0.3) is 0 Å². The van der Waals surface area contributed by atoms with E-state index in [4.69, 9.17) is 0 Å². The molecule has 1 aliphatic heterocycles. The van der Waals surface area contributed by atoms with Crippen LogP contribution in [0.5, 0.6) is 0 Å². The molecule has 0 bridgehead atoms. The predicted octanol–water partition coefficient (Wildman–Crippen LogP) is 2.92. The zero-order valence-corrected chi connectivity index (χ0v) is 14.2. The third kappa shape index (κ3) is 5.36. The second-order valence-electron chi connectivity index (χ2n) is 6.53. The summed E-state index contributed by atoms with van der Waals surface area (Å²) in [5, 5.41) is 9.09. The summed E-state index contributed by atoms with van der Waals surface area (Å²) in [7, 11) is 0. The fraction of sp³-hybridized carbons (Fsp3) is 0.556. The van der Waals surface area contributed by atoms with E-state index in [1.165, 1.54) is 6.92 Å². The third-order valence-corrected chi connectivity index (χ3v) is 4.53. The van der Waals surface area contributed by atoms with Crippen molar-refractivity contribution in [3.8, 4) is 0 Å². The first-order chi connectivity index (χ1) is 11.0. The Labute approximate surface area is 138 Å². The summed E-state index contributed by atoms with van der Waals surface area (Å²) < 4.78 is 0. The van der Waals surface area contributed by atoms with E-state index >= 15 is 0 Å². The Morgan fingerprint density at radius 2 is 1.96 bits per heavy atom. The monoisotopic (exact) mass is 317 g/mol. The highest BCUT2D eigenvalue weighted by Crippen LogP contribution is 2.26. The predicted molar refractivity (Wildman–Crippen MR) is 93.5 cm³/mol. The Hall–Kier alpha value is -1.88. The van der Waals surface area contributed by atoms with Gasteiger partial charge in [-0.15, -0.1) is 0 Å². The number of carbonyl (C=O) groups is 2. The molecule has 126 valence electrons. The maximum Gasteiger partial charge on any atom is 0.224 e. The summed E-state index contributed by atoms with van der Waals surface area (Å²) >= 11 is 0. The van der Waals surface area contributed by atoms with Gasteiger partial charge in [-0.1, -0.05) is 13.0 Å². The van der Waals surface area contributed by atoms with Crippen LogP contribution in [0.25, 0.3) is 0 Å². The molecule has 3 N–H and O–H groups in total. The van der Waals surface area contributed by atoms with Crippen LogP contribution in [0.15, 0.2) is 18.2 Å². The van der Waals surface area contributed by atoms with Crippen molar-refractivity contribution >= 4 is 23.2 Å². The molecule has 1 atom stereocenters. The van der Waals surface area contributed by atoms with Crippen LogP contribution in [-0.4, -0.2) is 24.9 Å². The van der Waals surface area contributed by atoms with Gasteiger partial charge in [0.1, 0.15) is 0 Å². The smallest absolute Gasteiger partial charge is 0.224 e. The Morgan fingerprint density at radius 1 is 1.26 bits per heavy atom. The largest absolute Gasteiger partial charge is 0.326 e. The lowest BCUT2D eigenvalue weighted by Gasteiger charge is -2.28. The fourth-order valence-electron chi connectivity index (χ4n) is 3.11. The molecule has 1 aromatic carbocycles. The average molecular weight is 317 g/mol. The Balaban J connectivity index is 1.94. The normalized spacial score (nSPS) is 16.7. The van der Waals surface area contributed by atoms with Crippen LogP contribution in [-0.2, 0) is 9.59 Å². The number of hydrogen-bond donors (Lipinski definition) is 3. The van der Waals surface area contributed by atoms with Crippen molar-refractivity contribution in [3.63, 3.8) is 0 Å². The van der Waals surface area contributed by atoms with Gasteiger partial charge in [0.05, 0.1) is 0 Å². The van der Waals surface area contributed by atoms with Gasteiger partial charge in [-0.05, 0) is 62.4 Å². The van der Waals surface area contributed by atoms with Crippen LogP contribution in [0.3, 0.4) is 0 Å². The van der Waals surface area contributed by atoms with E-state index in [0.717, 1.165) is 37.2 Å². The molecule has 1 fully saturated rings. The van der Waals surface area contributed by atoms with E-state index in [2.05, 4.69) is 22.9 Å². The number of carbonyl (C=O) groups excluding carboxylic acids is 2. The first kappa shape index (κ1) is 17.5. The van der Waals surface area contributed by atoms with Gasteiger partial charge in [-0.3, -0.25) is 9.59 Å². The van der Waals surface area contributed by atoms with Crippen molar-refractivity contribution in [2.24, 2.45) is 11.8 Å². The molecule has 0 aromatic heterocycles. The minimum absolute atomic E-state index is 0.0408. The second kappa shape index (κ2) is 8.11. The number of amides is 2. The van der Waals surface area contributed by atoms with Gasteiger partial charge in [-0.25, -0.2) is 0 Å². The SMILES string of the molecule is CC(=O)Nc1ccc(C)c(NC(=O)CC(C)C2CCNCC2)c1. The second-order valence-corrected chi connectivity index (χ2v) is 6.53.